The number of halogens is 1. The maximum Gasteiger partial charge on any atom is 0.127 e. The van der Waals surface area contributed by atoms with E-state index in [-0.39, 0.29) is 5.82 Å². The van der Waals surface area contributed by atoms with Crippen LogP contribution in [0.25, 0.3) is 0 Å². The SMILES string of the molecule is C=CCN(CCC)Cc1cc(CNCCC)ccc1F. The van der Waals surface area contributed by atoms with E-state index in [4.69, 9.17) is 0 Å². The van der Waals surface area contributed by atoms with Gasteiger partial charge < -0.3 is 5.32 Å². The Bertz CT molecular complexity index is 404. The molecular weight excluding hydrogens is 251 g/mol. The quantitative estimate of drug-likeness (QED) is 0.518. The van der Waals surface area contributed by atoms with Gasteiger partial charge in [-0.1, -0.05) is 32.1 Å². The van der Waals surface area contributed by atoms with Gasteiger partial charge in [0.2, 0.25) is 0 Å². The maximum atomic E-state index is 13.9. The standard InChI is InChI=1S/C17H27FN2/c1-4-9-19-13-15-7-8-17(18)16(12-15)14-20(10-5-2)11-6-3/h5,7-8,12,19H,2,4,6,9-11,13-14H2,1,3H3. The molecule has 2 nitrogen and oxygen atoms in total. The van der Waals surface area contributed by atoms with Crippen LogP contribution in [-0.2, 0) is 13.1 Å². The molecule has 0 aliphatic rings. The van der Waals surface area contributed by atoms with Crippen molar-refractivity contribution in [2.75, 3.05) is 19.6 Å². The fourth-order valence-corrected chi connectivity index (χ4v) is 2.24. The summed E-state index contributed by atoms with van der Waals surface area (Å²) >= 11 is 0. The lowest BCUT2D eigenvalue weighted by atomic mass is 10.1. The second-order valence-corrected chi connectivity index (χ2v) is 5.13. The molecule has 1 aromatic carbocycles. The van der Waals surface area contributed by atoms with Gasteiger partial charge in [0.15, 0.2) is 0 Å². The molecule has 112 valence electrons. The molecule has 0 saturated heterocycles. The van der Waals surface area contributed by atoms with Crippen molar-refractivity contribution in [1.82, 2.24) is 10.2 Å². The molecular formula is C17H27FN2. The van der Waals surface area contributed by atoms with E-state index in [9.17, 15) is 4.39 Å². The van der Waals surface area contributed by atoms with Gasteiger partial charge in [-0.2, -0.15) is 0 Å². The number of hydrogen-bond acceptors (Lipinski definition) is 2. The van der Waals surface area contributed by atoms with Crippen molar-refractivity contribution in [2.45, 2.75) is 39.8 Å². The highest BCUT2D eigenvalue weighted by atomic mass is 19.1. The minimum atomic E-state index is -0.116. The van der Waals surface area contributed by atoms with Crippen LogP contribution in [0.4, 0.5) is 4.39 Å². The molecule has 0 bridgehead atoms. The van der Waals surface area contributed by atoms with Gasteiger partial charge in [-0.3, -0.25) is 4.90 Å². The molecule has 0 unspecified atom stereocenters. The van der Waals surface area contributed by atoms with Crippen molar-refractivity contribution >= 4 is 0 Å². The molecule has 1 aromatic rings. The molecule has 0 aliphatic heterocycles. The molecule has 0 amide bonds. The lowest BCUT2D eigenvalue weighted by Crippen LogP contribution is -2.25. The molecule has 0 spiro atoms. The Morgan fingerprint density at radius 2 is 2.10 bits per heavy atom. The Kier molecular flexibility index (Phi) is 8.16. The zero-order chi connectivity index (χ0) is 14.8. The van der Waals surface area contributed by atoms with Gasteiger partial charge in [0.25, 0.3) is 0 Å². The Morgan fingerprint density at radius 3 is 2.75 bits per heavy atom. The van der Waals surface area contributed by atoms with Crippen molar-refractivity contribution in [2.24, 2.45) is 0 Å². The molecule has 3 heteroatoms. The summed E-state index contributed by atoms with van der Waals surface area (Å²) < 4.78 is 13.9. The first-order valence-electron chi connectivity index (χ1n) is 7.52. The molecule has 20 heavy (non-hydrogen) atoms. The van der Waals surface area contributed by atoms with Crippen LogP contribution >= 0.6 is 0 Å². The van der Waals surface area contributed by atoms with E-state index < -0.39 is 0 Å². The summed E-state index contributed by atoms with van der Waals surface area (Å²) in [5, 5.41) is 3.35. The third-order valence-corrected chi connectivity index (χ3v) is 3.19. The molecule has 1 rings (SSSR count). The summed E-state index contributed by atoms with van der Waals surface area (Å²) in [4.78, 5) is 2.22. The predicted molar refractivity (Wildman–Crippen MR) is 84.2 cm³/mol. The second kappa shape index (κ2) is 9.67. The highest BCUT2D eigenvalue weighted by Crippen LogP contribution is 2.14. The lowest BCUT2D eigenvalue weighted by Gasteiger charge is -2.20. The van der Waals surface area contributed by atoms with Crippen LogP contribution in [0.5, 0.6) is 0 Å². The van der Waals surface area contributed by atoms with E-state index in [1.165, 1.54) is 0 Å². The van der Waals surface area contributed by atoms with Gasteiger partial charge in [0, 0.05) is 25.2 Å². The number of nitrogens with zero attached hydrogens (tertiary/aromatic N) is 1. The molecule has 0 fully saturated rings. The van der Waals surface area contributed by atoms with Gasteiger partial charge in [-0.25, -0.2) is 4.39 Å². The molecule has 1 N–H and O–H groups in total. The number of benzene rings is 1. The van der Waals surface area contributed by atoms with E-state index in [0.29, 0.717) is 6.54 Å². The average Bonchev–Trinajstić information content (AvgIpc) is 2.43. The van der Waals surface area contributed by atoms with Crippen molar-refractivity contribution in [3.05, 3.63) is 47.8 Å². The Hall–Kier alpha value is -1.19. The first-order valence-corrected chi connectivity index (χ1v) is 7.52. The summed E-state index contributed by atoms with van der Waals surface area (Å²) in [5.74, 6) is -0.116. The van der Waals surface area contributed by atoms with Gasteiger partial charge in [-0.05, 0) is 37.6 Å². The van der Waals surface area contributed by atoms with Crippen LogP contribution in [0.1, 0.15) is 37.8 Å². The van der Waals surface area contributed by atoms with Gasteiger partial charge in [0.05, 0.1) is 0 Å². The topological polar surface area (TPSA) is 15.3 Å². The summed E-state index contributed by atoms with van der Waals surface area (Å²) in [5.41, 5.74) is 1.92. The van der Waals surface area contributed by atoms with Gasteiger partial charge >= 0.3 is 0 Å². The van der Waals surface area contributed by atoms with Crippen LogP contribution in [0.15, 0.2) is 30.9 Å². The van der Waals surface area contributed by atoms with E-state index in [1.807, 2.05) is 18.2 Å². The molecule has 0 aromatic heterocycles. The van der Waals surface area contributed by atoms with Crippen molar-refractivity contribution in [1.29, 1.82) is 0 Å². The van der Waals surface area contributed by atoms with Crippen molar-refractivity contribution < 1.29 is 4.39 Å². The Labute approximate surface area is 122 Å². The van der Waals surface area contributed by atoms with E-state index in [2.05, 4.69) is 30.6 Å². The zero-order valence-electron chi connectivity index (χ0n) is 12.8. The Morgan fingerprint density at radius 1 is 1.30 bits per heavy atom. The first kappa shape index (κ1) is 16.9. The summed E-state index contributed by atoms with van der Waals surface area (Å²) in [6, 6.07) is 5.42. The first-order chi connectivity index (χ1) is 9.71. The summed E-state index contributed by atoms with van der Waals surface area (Å²) in [7, 11) is 0. The van der Waals surface area contributed by atoms with Crippen LogP contribution in [0.3, 0.4) is 0 Å². The molecule has 0 atom stereocenters. The highest BCUT2D eigenvalue weighted by Gasteiger charge is 2.08. The van der Waals surface area contributed by atoms with Crippen molar-refractivity contribution in [3.63, 3.8) is 0 Å². The van der Waals surface area contributed by atoms with Crippen LogP contribution in [-0.4, -0.2) is 24.5 Å². The fraction of sp³-hybridized carbons (Fsp3) is 0.529. The van der Waals surface area contributed by atoms with Crippen LogP contribution in [0, 0.1) is 5.82 Å². The van der Waals surface area contributed by atoms with E-state index in [0.717, 1.165) is 50.1 Å². The van der Waals surface area contributed by atoms with E-state index in [1.54, 1.807) is 6.07 Å². The number of hydrogen-bond donors (Lipinski definition) is 1. The molecule has 0 aliphatic carbocycles. The fourth-order valence-electron chi connectivity index (χ4n) is 2.24. The minimum Gasteiger partial charge on any atom is -0.313 e. The summed E-state index contributed by atoms with van der Waals surface area (Å²) in [6.07, 6.45) is 4.05. The van der Waals surface area contributed by atoms with Crippen molar-refractivity contribution in [3.8, 4) is 0 Å². The minimum absolute atomic E-state index is 0.116. The highest BCUT2D eigenvalue weighted by molar-refractivity contribution is 5.25. The molecule has 0 radical (unpaired) electrons. The maximum absolute atomic E-state index is 13.9. The van der Waals surface area contributed by atoms with Crippen LogP contribution in [0.2, 0.25) is 0 Å². The average molecular weight is 278 g/mol. The molecule has 0 heterocycles. The monoisotopic (exact) mass is 278 g/mol. The summed E-state index contributed by atoms with van der Waals surface area (Å²) in [6.45, 7) is 12.2. The largest absolute Gasteiger partial charge is 0.313 e. The van der Waals surface area contributed by atoms with Crippen LogP contribution < -0.4 is 5.32 Å². The normalized spacial score (nSPS) is 11.0. The second-order valence-electron chi connectivity index (χ2n) is 5.13. The van der Waals surface area contributed by atoms with Gasteiger partial charge in [0.1, 0.15) is 5.82 Å². The zero-order valence-corrected chi connectivity index (χ0v) is 12.8. The van der Waals surface area contributed by atoms with Gasteiger partial charge in [-0.15, -0.1) is 6.58 Å². The third-order valence-electron chi connectivity index (χ3n) is 3.19. The lowest BCUT2D eigenvalue weighted by molar-refractivity contribution is 0.290. The third kappa shape index (κ3) is 5.85. The number of nitrogens with one attached hydrogen (secondary N) is 1. The molecule has 0 saturated carbocycles. The Balaban J connectivity index is 2.71. The smallest absolute Gasteiger partial charge is 0.127 e. The predicted octanol–water partition coefficient (Wildman–Crippen LogP) is 3.72. The van der Waals surface area contributed by atoms with E-state index >= 15 is 0 Å². The number of rotatable bonds is 10.